The summed E-state index contributed by atoms with van der Waals surface area (Å²) in [4.78, 5) is 12.2. The first-order chi connectivity index (χ1) is 10.2. The molecule has 4 heteroatoms. The zero-order valence-corrected chi connectivity index (χ0v) is 12.5. The molecule has 0 amide bonds. The van der Waals surface area contributed by atoms with Crippen LogP contribution >= 0.6 is 15.9 Å². The number of hydrogen-bond acceptors (Lipinski definition) is 3. The van der Waals surface area contributed by atoms with Gasteiger partial charge < -0.3 is 9.84 Å². The van der Waals surface area contributed by atoms with Crippen LogP contribution < -0.4 is 4.74 Å². The van der Waals surface area contributed by atoms with E-state index >= 15 is 0 Å². The summed E-state index contributed by atoms with van der Waals surface area (Å²) in [6.45, 7) is 0. The van der Waals surface area contributed by atoms with Crippen LogP contribution in [0.2, 0.25) is 0 Å². The maximum absolute atomic E-state index is 12.2. The number of carbonyl (C=O) groups is 1. The largest absolute Gasteiger partial charge is 0.507 e. The van der Waals surface area contributed by atoms with Gasteiger partial charge in [-0.15, -0.1) is 0 Å². The number of benzene rings is 3. The van der Waals surface area contributed by atoms with Crippen molar-refractivity contribution in [3.8, 4) is 11.5 Å². The quantitative estimate of drug-likeness (QED) is 0.549. The van der Waals surface area contributed by atoms with Gasteiger partial charge in [-0.2, -0.15) is 0 Å². The van der Waals surface area contributed by atoms with E-state index in [1.165, 1.54) is 6.07 Å². The maximum atomic E-state index is 12.2. The summed E-state index contributed by atoms with van der Waals surface area (Å²) in [6.07, 6.45) is 0. The lowest BCUT2D eigenvalue weighted by Gasteiger charge is -2.09. The number of esters is 1. The Bertz CT molecular complexity index is 827. The van der Waals surface area contributed by atoms with Crippen LogP contribution in [0.3, 0.4) is 0 Å². The van der Waals surface area contributed by atoms with Crippen molar-refractivity contribution >= 4 is 32.7 Å². The Morgan fingerprint density at radius 3 is 2.33 bits per heavy atom. The van der Waals surface area contributed by atoms with Gasteiger partial charge in [0.25, 0.3) is 0 Å². The van der Waals surface area contributed by atoms with Crippen molar-refractivity contribution in [2.45, 2.75) is 0 Å². The van der Waals surface area contributed by atoms with Crippen molar-refractivity contribution < 1.29 is 14.6 Å². The summed E-state index contributed by atoms with van der Waals surface area (Å²) < 4.78 is 6.15. The highest BCUT2D eigenvalue weighted by Crippen LogP contribution is 2.32. The van der Waals surface area contributed by atoms with Crippen LogP contribution in [0.4, 0.5) is 0 Å². The SMILES string of the molecule is O=C(Oc1ccc(O)c2ccccc12)c1ccccc1Br. The van der Waals surface area contributed by atoms with E-state index in [-0.39, 0.29) is 5.75 Å². The van der Waals surface area contributed by atoms with Gasteiger partial charge >= 0.3 is 5.97 Å². The number of aromatic hydroxyl groups is 1. The molecule has 3 aromatic carbocycles. The Kier molecular flexibility index (Phi) is 3.62. The van der Waals surface area contributed by atoms with E-state index in [2.05, 4.69) is 15.9 Å². The highest BCUT2D eigenvalue weighted by atomic mass is 79.9. The normalized spacial score (nSPS) is 10.5. The molecule has 0 aromatic heterocycles. The number of halogens is 1. The minimum atomic E-state index is -0.446. The summed E-state index contributed by atoms with van der Waals surface area (Å²) in [5.74, 6) is 0.133. The molecule has 0 radical (unpaired) electrons. The highest BCUT2D eigenvalue weighted by Gasteiger charge is 2.14. The van der Waals surface area contributed by atoms with Gasteiger partial charge in [-0.05, 0) is 40.2 Å². The molecule has 1 N–H and O–H groups in total. The summed E-state index contributed by atoms with van der Waals surface area (Å²) in [6, 6.07) is 17.4. The number of hydrogen-bond donors (Lipinski definition) is 1. The fourth-order valence-electron chi connectivity index (χ4n) is 2.13. The van der Waals surface area contributed by atoms with Crippen LogP contribution in [0.1, 0.15) is 10.4 Å². The third-order valence-corrected chi connectivity index (χ3v) is 3.85. The van der Waals surface area contributed by atoms with Gasteiger partial charge in [-0.1, -0.05) is 36.4 Å². The summed E-state index contributed by atoms with van der Waals surface area (Å²) in [5.41, 5.74) is 0.453. The Hall–Kier alpha value is -2.33. The third kappa shape index (κ3) is 2.62. The second kappa shape index (κ2) is 5.58. The molecule has 21 heavy (non-hydrogen) atoms. The number of phenols is 1. The summed E-state index contributed by atoms with van der Waals surface area (Å²) in [5, 5.41) is 11.2. The molecular weight excluding hydrogens is 332 g/mol. The van der Waals surface area contributed by atoms with Crippen LogP contribution in [0.25, 0.3) is 10.8 Å². The van der Waals surface area contributed by atoms with Gasteiger partial charge in [0.15, 0.2) is 0 Å². The number of rotatable bonds is 2. The highest BCUT2D eigenvalue weighted by molar-refractivity contribution is 9.10. The lowest BCUT2D eigenvalue weighted by molar-refractivity contribution is 0.0736. The van der Waals surface area contributed by atoms with Gasteiger partial charge in [0.05, 0.1) is 5.56 Å². The standard InChI is InChI=1S/C17H11BrO3/c18-14-8-4-3-7-13(14)17(20)21-16-10-9-15(19)11-5-1-2-6-12(11)16/h1-10,19H. The Morgan fingerprint density at radius 1 is 0.905 bits per heavy atom. The molecule has 0 heterocycles. The van der Waals surface area contributed by atoms with Crippen molar-refractivity contribution in [2.75, 3.05) is 0 Å². The predicted octanol–water partition coefficient (Wildman–Crippen LogP) is 4.53. The molecule has 0 atom stereocenters. The predicted molar refractivity (Wildman–Crippen MR) is 84.7 cm³/mol. The Morgan fingerprint density at radius 2 is 1.57 bits per heavy atom. The third-order valence-electron chi connectivity index (χ3n) is 3.16. The van der Waals surface area contributed by atoms with Crippen LogP contribution in [0.15, 0.2) is 65.1 Å². The minimum absolute atomic E-state index is 0.159. The average molecular weight is 343 g/mol. The van der Waals surface area contributed by atoms with Crippen molar-refractivity contribution in [3.05, 3.63) is 70.7 Å². The molecule has 3 nitrogen and oxygen atoms in total. The molecule has 0 spiro atoms. The second-order valence-corrected chi connectivity index (χ2v) is 5.35. The van der Waals surface area contributed by atoms with Crippen LogP contribution in [0.5, 0.6) is 11.5 Å². The lowest BCUT2D eigenvalue weighted by Crippen LogP contribution is -2.09. The molecule has 0 aliphatic rings. The van der Waals surface area contributed by atoms with Gasteiger partial charge in [0.2, 0.25) is 0 Å². The fraction of sp³-hybridized carbons (Fsp3) is 0. The second-order valence-electron chi connectivity index (χ2n) is 4.50. The smallest absolute Gasteiger partial charge is 0.344 e. The van der Waals surface area contributed by atoms with E-state index in [4.69, 9.17) is 4.74 Å². The van der Waals surface area contributed by atoms with E-state index in [1.807, 2.05) is 18.2 Å². The Labute approximate surface area is 129 Å². The van der Waals surface area contributed by atoms with Gasteiger partial charge in [0.1, 0.15) is 11.5 Å². The molecule has 0 unspecified atom stereocenters. The maximum Gasteiger partial charge on any atom is 0.344 e. The lowest BCUT2D eigenvalue weighted by atomic mass is 10.1. The van der Waals surface area contributed by atoms with E-state index in [1.54, 1.807) is 36.4 Å². The summed E-state index contributed by atoms with van der Waals surface area (Å²) >= 11 is 3.33. The molecular formula is C17H11BrO3. The zero-order valence-electron chi connectivity index (χ0n) is 10.9. The van der Waals surface area contributed by atoms with Crippen molar-refractivity contribution in [1.82, 2.24) is 0 Å². The van der Waals surface area contributed by atoms with Crippen LogP contribution in [0, 0.1) is 0 Å². The first-order valence-electron chi connectivity index (χ1n) is 6.34. The topological polar surface area (TPSA) is 46.5 Å². The first-order valence-corrected chi connectivity index (χ1v) is 7.13. The molecule has 3 aromatic rings. The fourth-order valence-corrected chi connectivity index (χ4v) is 2.57. The molecule has 104 valence electrons. The number of fused-ring (bicyclic) bond motifs is 1. The van der Waals surface area contributed by atoms with Crippen LogP contribution in [-0.2, 0) is 0 Å². The van der Waals surface area contributed by atoms with Crippen molar-refractivity contribution in [3.63, 3.8) is 0 Å². The van der Waals surface area contributed by atoms with Gasteiger partial charge in [-0.3, -0.25) is 0 Å². The Balaban J connectivity index is 2.01. The number of phenolic OH excluding ortho intramolecular Hbond substituents is 1. The minimum Gasteiger partial charge on any atom is -0.507 e. The molecule has 3 rings (SSSR count). The van der Waals surface area contributed by atoms with Gasteiger partial charge in [-0.25, -0.2) is 4.79 Å². The molecule has 0 bridgehead atoms. The molecule has 0 saturated heterocycles. The molecule has 0 fully saturated rings. The molecule has 0 saturated carbocycles. The van der Waals surface area contributed by atoms with E-state index in [9.17, 15) is 9.90 Å². The molecule has 0 aliphatic carbocycles. The van der Waals surface area contributed by atoms with Crippen molar-refractivity contribution in [2.24, 2.45) is 0 Å². The van der Waals surface area contributed by atoms with Crippen molar-refractivity contribution in [1.29, 1.82) is 0 Å². The summed E-state index contributed by atoms with van der Waals surface area (Å²) in [7, 11) is 0. The average Bonchev–Trinajstić information content (AvgIpc) is 2.51. The first kappa shape index (κ1) is 13.6. The van der Waals surface area contributed by atoms with E-state index in [0.29, 0.717) is 26.6 Å². The van der Waals surface area contributed by atoms with Crippen LogP contribution in [-0.4, -0.2) is 11.1 Å². The zero-order chi connectivity index (χ0) is 14.8. The van der Waals surface area contributed by atoms with E-state index < -0.39 is 5.97 Å². The monoisotopic (exact) mass is 342 g/mol. The molecule has 0 aliphatic heterocycles. The van der Waals surface area contributed by atoms with E-state index in [0.717, 1.165) is 0 Å². The number of carbonyl (C=O) groups excluding carboxylic acids is 1. The van der Waals surface area contributed by atoms with Gasteiger partial charge in [0, 0.05) is 15.2 Å². The number of ether oxygens (including phenoxy) is 1.